The summed E-state index contributed by atoms with van der Waals surface area (Å²) in [7, 11) is 1.69. The summed E-state index contributed by atoms with van der Waals surface area (Å²) in [5.41, 5.74) is 2.59. The number of aliphatic imine (C=N–C) groups is 1. The molecular weight excluding hydrogens is 441 g/mol. The maximum atomic E-state index is 5.37. The molecule has 0 saturated heterocycles. The highest BCUT2D eigenvalue weighted by Crippen LogP contribution is 2.13. The van der Waals surface area contributed by atoms with Gasteiger partial charge in [-0.15, -0.1) is 24.0 Å². The van der Waals surface area contributed by atoms with Crippen LogP contribution in [0, 0.1) is 0 Å². The van der Waals surface area contributed by atoms with Crippen LogP contribution >= 0.6 is 24.0 Å². The van der Waals surface area contributed by atoms with E-state index in [-0.39, 0.29) is 30.0 Å². The molecule has 2 N–H and O–H groups in total. The van der Waals surface area contributed by atoms with E-state index >= 15 is 0 Å². The molecule has 5 nitrogen and oxygen atoms in total. The van der Waals surface area contributed by atoms with Crippen LogP contribution in [0.1, 0.15) is 36.8 Å². The number of ether oxygens (including phenoxy) is 1. The molecule has 1 heterocycles. The Balaban J connectivity index is 0.00000338. The van der Waals surface area contributed by atoms with E-state index in [1.54, 1.807) is 13.4 Å². The molecule has 0 saturated carbocycles. The van der Waals surface area contributed by atoms with Crippen molar-refractivity contribution in [3.63, 3.8) is 0 Å². The van der Waals surface area contributed by atoms with Crippen molar-refractivity contribution in [1.29, 1.82) is 0 Å². The first-order chi connectivity index (χ1) is 12.2. The lowest BCUT2D eigenvalue weighted by Gasteiger charge is -2.19. The lowest BCUT2D eigenvalue weighted by Crippen LogP contribution is -2.40. The highest BCUT2D eigenvalue weighted by molar-refractivity contribution is 14.0. The van der Waals surface area contributed by atoms with Gasteiger partial charge in [0.05, 0.1) is 25.5 Å². The van der Waals surface area contributed by atoms with Crippen molar-refractivity contribution in [1.82, 2.24) is 10.6 Å². The maximum Gasteiger partial charge on any atom is 0.191 e. The van der Waals surface area contributed by atoms with Gasteiger partial charge in [0, 0.05) is 20.1 Å². The number of nitrogens with one attached hydrogen (secondary N) is 2. The van der Waals surface area contributed by atoms with E-state index in [2.05, 4.69) is 53.7 Å². The summed E-state index contributed by atoms with van der Waals surface area (Å²) in [6, 6.07) is 12.8. The monoisotopic (exact) mass is 471 g/mol. The van der Waals surface area contributed by atoms with Crippen molar-refractivity contribution in [2.24, 2.45) is 4.99 Å². The minimum absolute atomic E-state index is 0. The summed E-state index contributed by atoms with van der Waals surface area (Å²) in [4.78, 5) is 4.57. The molecule has 2 aromatic rings. The van der Waals surface area contributed by atoms with Crippen molar-refractivity contribution in [3.05, 3.63) is 59.5 Å². The lowest BCUT2D eigenvalue weighted by atomic mass is 10.1. The van der Waals surface area contributed by atoms with E-state index in [0.29, 0.717) is 13.2 Å². The summed E-state index contributed by atoms with van der Waals surface area (Å²) in [5, 5.41) is 6.83. The number of methoxy groups -OCH3 is 1. The van der Waals surface area contributed by atoms with Crippen molar-refractivity contribution < 1.29 is 9.15 Å². The van der Waals surface area contributed by atoms with Gasteiger partial charge in [0.25, 0.3) is 0 Å². The zero-order valence-corrected chi connectivity index (χ0v) is 18.2. The number of halogens is 1. The molecule has 0 aliphatic carbocycles. The van der Waals surface area contributed by atoms with Crippen LogP contribution in [0.2, 0.25) is 0 Å². The molecule has 1 atom stereocenters. The molecule has 0 bridgehead atoms. The molecule has 0 radical (unpaired) electrons. The van der Waals surface area contributed by atoms with Crippen LogP contribution in [-0.2, 0) is 17.6 Å². The highest BCUT2D eigenvalue weighted by Gasteiger charge is 2.08. The Morgan fingerprint density at radius 1 is 1.23 bits per heavy atom. The number of hydrogen-bond acceptors (Lipinski definition) is 3. The molecule has 0 fully saturated rings. The minimum atomic E-state index is 0. The van der Waals surface area contributed by atoms with Gasteiger partial charge in [-0.3, -0.25) is 4.99 Å². The van der Waals surface area contributed by atoms with E-state index in [1.807, 2.05) is 12.1 Å². The molecule has 26 heavy (non-hydrogen) atoms. The van der Waals surface area contributed by atoms with E-state index in [0.717, 1.165) is 31.1 Å². The first kappa shape index (κ1) is 22.5. The lowest BCUT2D eigenvalue weighted by molar-refractivity contribution is 0.208. The topological polar surface area (TPSA) is 58.8 Å². The predicted molar refractivity (Wildman–Crippen MR) is 117 cm³/mol. The Morgan fingerprint density at radius 3 is 2.62 bits per heavy atom. The minimum Gasteiger partial charge on any atom is -0.469 e. The Bertz CT molecular complexity index is 627. The first-order valence-corrected chi connectivity index (χ1v) is 8.88. The second-order valence-corrected chi connectivity index (χ2v) is 5.94. The van der Waals surface area contributed by atoms with Crippen LogP contribution in [0.3, 0.4) is 0 Å². The third kappa shape index (κ3) is 7.78. The van der Waals surface area contributed by atoms with Crippen molar-refractivity contribution in [2.45, 2.75) is 32.7 Å². The molecule has 0 spiro atoms. The molecular formula is C20H30IN3O2. The van der Waals surface area contributed by atoms with Gasteiger partial charge < -0.3 is 19.8 Å². The largest absolute Gasteiger partial charge is 0.469 e. The fourth-order valence-corrected chi connectivity index (χ4v) is 2.49. The third-order valence-corrected chi connectivity index (χ3v) is 4.05. The standard InChI is InChI=1S/C20H29N3O2.HI/c1-4-17-7-9-18(10-8-17)16(2)23-20(22-13-15-24-3)21-12-11-19-6-5-14-25-19;/h5-10,14,16H,4,11-13,15H2,1-3H3,(H2,21,22,23);1H. The normalized spacial score (nSPS) is 12.3. The average Bonchev–Trinajstić information content (AvgIpc) is 3.15. The van der Waals surface area contributed by atoms with Gasteiger partial charge in [-0.25, -0.2) is 0 Å². The van der Waals surface area contributed by atoms with Crippen molar-refractivity contribution >= 4 is 29.9 Å². The molecule has 6 heteroatoms. The van der Waals surface area contributed by atoms with Crippen LogP contribution in [0.4, 0.5) is 0 Å². The Morgan fingerprint density at radius 2 is 2.00 bits per heavy atom. The molecule has 2 rings (SSSR count). The van der Waals surface area contributed by atoms with Crippen LogP contribution in [0.5, 0.6) is 0 Å². The van der Waals surface area contributed by atoms with E-state index in [4.69, 9.17) is 9.15 Å². The maximum absolute atomic E-state index is 5.37. The zero-order chi connectivity index (χ0) is 17.9. The second kappa shape index (κ2) is 12.8. The fraction of sp³-hybridized carbons (Fsp3) is 0.450. The Hall–Kier alpha value is -1.54. The van der Waals surface area contributed by atoms with Crippen LogP contribution in [0.15, 0.2) is 52.1 Å². The van der Waals surface area contributed by atoms with Crippen LogP contribution in [0.25, 0.3) is 0 Å². The number of hydrogen-bond donors (Lipinski definition) is 2. The highest BCUT2D eigenvalue weighted by atomic mass is 127. The zero-order valence-electron chi connectivity index (χ0n) is 15.8. The summed E-state index contributed by atoms with van der Waals surface area (Å²) in [6.07, 6.45) is 3.57. The number of aryl methyl sites for hydroxylation is 1. The van der Waals surface area contributed by atoms with Gasteiger partial charge in [-0.2, -0.15) is 0 Å². The molecule has 144 valence electrons. The molecule has 1 aromatic heterocycles. The molecule has 0 aliphatic rings. The van der Waals surface area contributed by atoms with Crippen LogP contribution in [-0.4, -0.2) is 32.8 Å². The summed E-state index contributed by atoms with van der Waals surface area (Å²) >= 11 is 0. The van der Waals surface area contributed by atoms with Gasteiger partial charge in [0.2, 0.25) is 0 Å². The number of rotatable bonds is 9. The van der Waals surface area contributed by atoms with E-state index in [9.17, 15) is 0 Å². The predicted octanol–water partition coefficient (Wildman–Crippen LogP) is 3.95. The molecule has 1 unspecified atom stereocenters. The smallest absolute Gasteiger partial charge is 0.191 e. The van der Waals surface area contributed by atoms with Gasteiger partial charge in [0.15, 0.2) is 5.96 Å². The summed E-state index contributed by atoms with van der Waals surface area (Å²) in [6.45, 7) is 6.29. The van der Waals surface area contributed by atoms with Crippen molar-refractivity contribution in [3.8, 4) is 0 Å². The fourth-order valence-electron chi connectivity index (χ4n) is 2.49. The summed E-state index contributed by atoms with van der Waals surface area (Å²) < 4.78 is 10.5. The average molecular weight is 471 g/mol. The van der Waals surface area contributed by atoms with E-state index in [1.165, 1.54) is 11.1 Å². The second-order valence-electron chi connectivity index (χ2n) is 5.94. The molecule has 0 amide bonds. The van der Waals surface area contributed by atoms with Gasteiger partial charge in [0.1, 0.15) is 5.76 Å². The van der Waals surface area contributed by atoms with E-state index < -0.39 is 0 Å². The Labute approximate surface area is 173 Å². The van der Waals surface area contributed by atoms with Gasteiger partial charge in [-0.05, 0) is 36.6 Å². The first-order valence-electron chi connectivity index (χ1n) is 8.88. The SMILES string of the molecule is CCc1ccc(C(C)NC(=NCCOC)NCCc2ccco2)cc1.I. The molecule has 0 aliphatic heterocycles. The summed E-state index contributed by atoms with van der Waals surface area (Å²) in [5.74, 6) is 1.75. The van der Waals surface area contributed by atoms with Gasteiger partial charge in [-0.1, -0.05) is 31.2 Å². The van der Waals surface area contributed by atoms with Gasteiger partial charge >= 0.3 is 0 Å². The number of benzene rings is 1. The number of nitrogens with zero attached hydrogens (tertiary/aromatic N) is 1. The third-order valence-electron chi connectivity index (χ3n) is 4.05. The number of guanidine groups is 1. The molecule has 1 aromatic carbocycles. The Kier molecular flexibility index (Phi) is 11.0. The number of furan rings is 1. The quantitative estimate of drug-likeness (QED) is 0.252. The van der Waals surface area contributed by atoms with Crippen molar-refractivity contribution in [2.75, 3.05) is 26.8 Å². The van der Waals surface area contributed by atoms with Crippen LogP contribution < -0.4 is 10.6 Å².